The van der Waals surface area contributed by atoms with E-state index in [0.717, 1.165) is 25.9 Å². The zero-order valence-electron chi connectivity index (χ0n) is 13.3. The van der Waals surface area contributed by atoms with E-state index in [1.54, 1.807) is 30.6 Å². The number of aromatic nitrogens is 2. The molecule has 24 heavy (non-hydrogen) atoms. The summed E-state index contributed by atoms with van der Waals surface area (Å²) in [5, 5.41) is 5.89. The Balaban J connectivity index is 1.63. The molecule has 0 saturated carbocycles. The molecular weight excluding hydrogens is 330 g/mol. The van der Waals surface area contributed by atoms with Crippen molar-refractivity contribution in [3.05, 3.63) is 35.6 Å². The molecule has 2 amide bonds. The summed E-state index contributed by atoms with van der Waals surface area (Å²) < 4.78 is 5.19. The van der Waals surface area contributed by atoms with Gasteiger partial charge in [0.1, 0.15) is 5.75 Å². The van der Waals surface area contributed by atoms with Gasteiger partial charge in [0.05, 0.1) is 30.9 Å². The Labute approximate surface area is 145 Å². The maximum atomic E-state index is 12.1. The standard InChI is InChI=1S/C16H18ClN5O2/c1-24-14-5-4-11(17)8-13(14)21-16(23)20-12-9-18-15(19-10-12)22-6-2-3-7-22/h4-5,8-10H,2-3,6-7H2,1H3,(H2,20,21,23). The Morgan fingerprint density at radius 2 is 1.92 bits per heavy atom. The summed E-state index contributed by atoms with van der Waals surface area (Å²) in [5.41, 5.74) is 0.994. The lowest BCUT2D eigenvalue weighted by molar-refractivity contribution is 0.262. The van der Waals surface area contributed by atoms with E-state index in [9.17, 15) is 4.79 Å². The van der Waals surface area contributed by atoms with Crippen LogP contribution in [-0.2, 0) is 0 Å². The molecular formula is C16H18ClN5O2. The minimum absolute atomic E-state index is 0.423. The Morgan fingerprint density at radius 1 is 1.21 bits per heavy atom. The molecule has 126 valence electrons. The number of nitrogens with zero attached hydrogens (tertiary/aromatic N) is 3. The zero-order valence-corrected chi connectivity index (χ0v) is 14.0. The molecule has 0 atom stereocenters. The van der Waals surface area contributed by atoms with Gasteiger partial charge in [-0.3, -0.25) is 0 Å². The minimum Gasteiger partial charge on any atom is -0.495 e. The number of nitrogens with one attached hydrogen (secondary N) is 2. The molecule has 1 aliphatic rings. The van der Waals surface area contributed by atoms with E-state index < -0.39 is 6.03 Å². The second kappa shape index (κ2) is 7.35. The summed E-state index contributed by atoms with van der Waals surface area (Å²) >= 11 is 5.95. The molecule has 0 bridgehead atoms. The maximum absolute atomic E-state index is 12.1. The molecule has 2 heterocycles. The number of rotatable bonds is 4. The number of urea groups is 1. The van der Waals surface area contributed by atoms with Gasteiger partial charge in [-0.05, 0) is 31.0 Å². The molecule has 1 saturated heterocycles. The van der Waals surface area contributed by atoms with E-state index in [2.05, 4.69) is 25.5 Å². The molecule has 1 aromatic heterocycles. The van der Waals surface area contributed by atoms with Gasteiger partial charge in [-0.1, -0.05) is 11.6 Å². The molecule has 8 heteroatoms. The number of carbonyl (C=O) groups excluding carboxylic acids is 1. The Hall–Kier alpha value is -2.54. The van der Waals surface area contributed by atoms with Gasteiger partial charge < -0.3 is 20.3 Å². The molecule has 1 aliphatic heterocycles. The first-order valence-electron chi connectivity index (χ1n) is 7.64. The summed E-state index contributed by atoms with van der Waals surface area (Å²) in [6.45, 7) is 1.95. The van der Waals surface area contributed by atoms with Crippen molar-refractivity contribution in [2.24, 2.45) is 0 Å². The van der Waals surface area contributed by atoms with Crippen molar-refractivity contribution < 1.29 is 9.53 Å². The number of halogens is 1. The molecule has 0 radical (unpaired) electrons. The second-order valence-electron chi connectivity index (χ2n) is 5.39. The molecule has 0 aliphatic carbocycles. The summed E-state index contributed by atoms with van der Waals surface area (Å²) in [7, 11) is 1.53. The minimum atomic E-state index is -0.423. The molecule has 1 fully saturated rings. The molecule has 0 spiro atoms. The molecule has 7 nitrogen and oxygen atoms in total. The van der Waals surface area contributed by atoms with Crippen LogP contribution in [0.4, 0.5) is 22.1 Å². The SMILES string of the molecule is COc1ccc(Cl)cc1NC(=O)Nc1cnc(N2CCCC2)nc1. The van der Waals surface area contributed by atoms with E-state index in [0.29, 0.717) is 28.1 Å². The second-order valence-corrected chi connectivity index (χ2v) is 5.83. The monoisotopic (exact) mass is 347 g/mol. The molecule has 2 N–H and O–H groups in total. The summed E-state index contributed by atoms with van der Waals surface area (Å²) in [4.78, 5) is 22.8. The van der Waals surface area contributed by atoms with Crippen LogP contribution in [-0.4, -0.2) is 36.2 Å². The molecule has 3 rings (SSSR count). The fraction of sp³-hybridized carbons (Fsp3) is 0.312. The largest absolute Gasteiger partial charge is 0.495 e. The van der Waals surface area contributed by atoms with Gasteiger partial charge in [-0.15, -0.1) is 0 Å². The topological polar surface area (TPSA) is 79.4 Å². The lowest BCUT2D eigenvalue weighted by atomic mass is 10.3. The first kappa shape index (κ1) is 16.3. The zero-order chi connectivity index (χ0) is 16.9. The average Bonchev–Trinajstić information content (AvgIpc) is 3.10. The predicted molar refractivity (Wildman–Crippen MR) is 94.1 cm³/mol. The van der Waals surface area contributed by atoms with Crippen LogP contribution < -0.4 is 20.3 Å². The molecule has 1 aromatic carbocycles. The Kier molecular flexibility index (Phi) is 5.00. The first-order valence-corrected chi connectivity index (χ1v) is 8.02. The van der Waals surface area contributed by atoms with Crippen LogP contribution in [0.1, 0.15) is 12.8 Å². The van der Waals surface area contributed by atoms with Gasteiger partial charge in [0.25, 0.3) is 0 Å². The van der Waals surface area contributed by atoms with Crippen LogP contribution in [0.2, 0.25) is 5.02 Å². The van der Waals surface area contributed by atoms with Crippen LogP contribution in [0, 0.1) is 0 Å². The number of ether oxygens (including phenoxy) is 1. The fourth-order valence-electron chi connectivity index (χ4n) is 2.53. The van der Waals surface area contributed by atoms with Crippen LogP contribution >= 0.6 is 11.6 Å². The maximum Gasteiger partial charge on any atom is 0.323 e. The normalized spacial score (nSPS) is 13.7. The third-order valence-electron chi connectivity index (χ3n) is 3.69. The van der Waals surface area contributed by atoms with E-state index in [1.807, 2.05) is 0 Å². The van der Waals surface area contributed by atoms with Crippen molar-refractivity contribution in [1.29, 1.82) is 0 Å². The van der Waals surface area contributed by atoms with Gasteiger partial charge in [0, 0.05) is 18.1 Å². The number of amides is 2. The third kappa shape index (κ3) is 3.86. The average molecular weight is 348 g/mol. The van der Waals surface area contributed by atoms with Crippen molar-refractivity contribution in [1.82, 2.24) is 9.97 Å². The predicted octanol–water partition coefficient (Wildman–Crippen LogP) is 3.38. The highest BCUT2D eigenvalue weighted by Gasteiger charge is 2.15. The fourth-order valence-corrected chi connectivity index (χ4v) is 2.70. The van der Waals surface area contributed by atoms with Gasteiger partial charge in [-0.2, -0.15) is 0 Å². The highest BCUT2D eigenvalue weighted by atomic mass is 35.5. The van der Waals surface area contributed by atoms with Crippen molar-refractivity contribution in [3.8, 4) is 5.75 Å². The van der Waals surface area contributed by atoms with E-state index in [-0.39, 0.29) is 0 Å². The third-order valence-corrected chi connectivity index (χ3v) is 3.93. The quantitative estimate of drug-likeness (QED) is 0.886. The number of anilines is 3. The summed E-state index contributed by atoms with van der Waals surface area (Å²) in [6.07, 6.45) is 5.51. The van der Waals surface area contributed by atoms with Crippen molar-refractivity contribution in [3.63, 3.8) is 0 Å². The summed E-state index contributed by atoms with van der Waals surface area (Å²) in [6, 6.07) is 4.57. The van der Waals surface area contributed by atoms with Gasteiger partial charge >= 0.3 is 6.03 Å². The van der Waals surface area contributed by atoms with Crippen LogP contribution in [0.3, 0.4) is 0 Å². The number of methoxy groups -OCH3 is 1. The Morgan fingerprint density at radius 3 is 2.58 bits per heavy atom. The highest BCUT2D eigenvalue weighted by molar-refractivity contribution is 6.31. The number of hydrogen-bond acceptors (Lipinski definition) is 5. The molecule has 2 aromatic rings. The lowest BCUT2D eigenvalue weighted by Crippen LogP contribution is -2.22. The lowest BCUT2D eigenvalue weighted by Gasteiger charge is -2.15. The van der Waals surface area contributed by atoms with E-state index >= 15 is 0 Å². The molecule has 0 unspecified atom stereocenters. The van der Waals surface area contributed by atoms with Crippen molar-refractivity contribution >= 4 is 35.0 Å². The van der Waals surface area contributed by atoms with Gasteiger partial charge in [0.2, 0.25) is 5.95 Å². The number of benzene rings is 1. The van der Waals surface area contributed by atoms with Crippen LogP contribution in [0.25, 0.3) is 0 Å². The van der Waals surface area contributed by atoms with Crippen molar-refractivity contribution in [2.75, 3.05) is 35.7 Å². The summed E-state index contributed by atoms with van der Waals surface area (Å²) in [5.74, 6) is 1.21. The van der Waals surface area contributed by atoms with E-state index in [1.165, 1.54) is 7.11 Å². The first-order chi connectivity index (χ1) is 11.7. The van der Waals surface area contributed by atoms with Crippen LogP contribution in [0.5, 0.6) is 5.75 Å². The number of carbonyl (C=O) groups is 1. The smallest absolute Gasteiger partial charge is 0.323 e. The number of hydrogen-bond donors (Lipinski definition) is 2. The van der Waals surface area contributed by atoms with Crippen molar-refractivity contribution in [2.45, 2.75) is 12.8 Å². The highest BCUT2D eigenvalue weighted by Crippen LogP contribution is 2.27. The Bertz CT molecular complexity index is 717. The van der Waals surface area contributed by atoms with Gasteiger partial charge in [0.15, 0.2) is 0 Å². The van der Waals surface area contributed by atoms with Gasteiger partial charge in [-0.25, -0.2) is 14.8 Å². The van der Waals surface area contributed by atoms with E-state index in [4.69, 9.17) is 16.3 Å². The van der Waals surface area contributed by atoms with Crippen LogP contribution in [0.15, 0.2) is 30.6 Å².